The van der Waals surface area contributed by atoms with Crippen molar-refractivity contribution >= 4 is 45.9 Å². The molecular formula is C31H32NO5P. The van der Waals surface area contributed by atoms with Crippen molar-refractivity contribution in [2.75, 3.05) is 14.2 Å². The van der Waals surface area contributed by atoms with Crippen molar-refractivity contribution in [3.63, 3.8) is 0 Å². The van der Waals surface area contributed by atoms with Gasteiger partial charge in [-0.25, -0.2) is 4.79 Å². The number of amides is 1. The zero-order valence-electron chi connectivity index (χ0n) is 21.7. The van der Waals surface area contributed by atoms with Crippen LogP contribution in [0.1, 0.15) is 25.7 Å². The summed E-state index contributed by atoms with van der Waals surface area (Å²) in [5, 5.41) is 2.79. The van der Waals surface area contributed by atoms with Gasteiger partial charge in [0.25, 0.3) is 0 Å². The van der Waals surface area contributed by atoms with E-state index in [1.54, 1.807) is 12.0 Å². The standard InChI is InChI=1S/C31H32NO5P/c1-36-27-20-12-19-25(29(27)34)26-21-28(33)32(26)30(31(35)37-2)38(22-13-6-3-7-14-22,23-15-8-4-9-16-23)24-17-10-5-11-18-24/h3-11,13-18,25-27H,12,19-21H2,1-2H3/t25-,26+,27+/m1/s1. The zero-order chi connectivity index (χ0) is 26.7. The molecule has 3 atom stereocenters. The second-order valence-electron chi connectivity index (χ2n) is 9.69. The number of ketones is 1. The van der Waals surface area contributed by atoms with Crippen LogP contribution in [0, 0.1) is 5.92 Å². The van der Waals surface area contributed by atoms with Crippen LogP contribution < -0.4 is 15.9 Å². The number of nitrogens with zero attached hydrogens (tertiary/aromatic N) is 1. The van der Waals surface area contributed by atoms with Crippen LogP contribution in [0.15, 0.2) is 91.0 Å². The molecule has 5 rings (SSSR count). The molecule has 1 saturated carbocycles. The number of β-lactam (4-membered cyclic amide) rings is 1. The van der Waals surface area contributed by atoms with Gasteiger partial charge in [-0.15, -0.1) is 0 Å². The van der Waals surface area contributed by atoms with Crippen LogP contribution in [0.25, 0.3) is 0 Å². The molecule has 1 heterocycles. The minimum atomic E-state index is -2.92. The lowest BCUT2D eigenvalue weighted by Gasteiger charge is -2.48. The van der Waals surface area contributed by atoms with Crippen LogP contribution in [0.2, 0.25) is 0 Å². The summed E-state index contributed by atoms with van der Waals surface area (Å²) in [6.45, 7) is -2.92. The molecule has 1 amide bonds. The number of Topliss-reactive ketones (excluding diaryl/α,β-unsaturated/α-hetero) is 1. The lowest BCUT2D eigenvalue weighted by atomic mass is 9.76. The van der Waals surface area contributed by atoms with Crippen molar-refractivity contribution in [1.29, 1.82) is 0 Å². The fraction of sp³-hybridized carbons (Fsp3) is 0.290. The maximum atomic E-state index is 14.0. The van der Waals surface area contributed by atoms with Gasteiger partial charge in [0, 0.05) is 26.3 Å². The lowest BCUT2D eigenvalue weighted by Crippen LogP contribution is -2.64. The van der Waals surface area contributed by atoms with E-state index < -0.39 is 30.9 Å². The van der Waals surface area contributed by atoms with E-state index in [0.717, 1.165) is 22.3 Å². The number of rotatable bonds is 7. The van der Waals surface area contributed by atoms with Crippen LogP contribution in [0.4, 0.5) is 0 Å². The van der Waals surface area contributed by atoms with E-state index in [-0.39, 0.29) is 18.1 Å². The molecule has 0 bridgehead atoms. The Hall–Kier alpha value is -3.47. The largest absolute Gasteiger partial charge is 0.464 e. The van der Waals surface area contributed by atoms with Gasteiger partial charge in [-0.1, -0.05) is 91.0 Å². The van der Waals surface area contributed by atoms with E-state index in [4.69, 9.17) is 9.47 Å². The Morgan fingerprint density at radius 2 is 1.29 bits per heavy atom. The molecule has 0 aromatic heterocycles. The molecule has 38 heavy (non-hydrogen) atoms. The minimum absolute atomic E-state index is 0.00790. The molecule has 6 nitrogen and oxygen atoms in total. The van der Waals surface area contributed by atoms with Gasteiger partial charge in [0.1, 0.15) is 11.5 Å². The minimum Gasteiger partial charge on any atom is -0.464 e. The maximum absolute atomic E-state index is 14.0. The number of hydrogen-bond donors (Lipinski definition) is 0. The number of likely N-dealkylation sites (tertiary alicyclic amines) is 1. The summed E-state index contributed by atoms with van der Waals surface area (Å²) in [7, 11) is 2.90. The van der Waals surface area contributed by atoms with Crippen LogP contribution in [-0.4, -0.2) is 54.3 Å². The van der Waals surface area contributed by atoms with Crippen molar-refractivity contribution < 1.29 is 23.9 Å². The van der Waals surface area contributed by atoms with E-state index in [9.17, 15) is 14.4 Å². The lowest BCUT2D eigenvalue weighted by molar-refractivity contribution is -0.151. The fourth-order valence-corrected chi connectivity index (χ4v) is 10.4. The van der Waals surface area contributed by atoms with Crippen LogP contribution in [0.5, 0.6) is 0 Å². The number of esters is 1. The highest BCUT2D eigenvalue weighted by Crippen LogP contribution is 2.49. The van der Waals surface area contributed by atoms with Crippen molar-refractivity contribution in [2.45, 2.75) is 37.8 Å². The Morgan fingerprint density at radius 1 is 0.789 bits per heavy atom. The maximum Gasteiger partial charge on any atom is 0.355 e. The van der Waals surface area contributed by atoms with E-state index in [0.29, 0.717) is 18.3 Å². The number of benzene rings is 3. The second kappa shape index (κ2) is 11.1. The summed E-state index contributed by atoms with van der Waals surface area (Å²) >= 11 is 0. The monoisotopic (exact) mass is 529 g/mol. The van der Waals surface area contributed by atoms with Crippen molar-refractivity contribution in [1.82, 2.24) is 4.90 Å². The van der Waals surface area contributed by atoms with E-state index in [2.05, 4.69) is 0 Å². The van der Waals surface area contributed by atoms with E-state index in [1.807, 2.05) is 91.0 Å². The topological polar surface area (TPSA) is 72.9 Å². The van der Waals surface area contributed by atoms with Gasteiger partial charge in [0.15, 0.2) is 5.78 Å². The molecule has 196 valence electrons. The van der Waals surface area contributed by atoms with Crippen molar-refractivity contribution in [3.05, 3.63) is 91.0 Å². The number of ether oxygens (including phenoxy) is 2. The molecule has 1 aliphatic heterocycles. The number of methoxy groups -OCH3 is 2. The van der Waals surface area contributed by atoms with Crippen LogP contribution in [0.3, 0.4) is 0 Å². The van der Waals surface area contributed by atoms with Gasteiger partial charge in [0.05, 0.1) is 13.2 Å². The van der Waals surface area contributed by atoms with E-state index in [1.165, 1.54) is 7.11 Å². The predicted octanol–water partition coefficient (Wildman–Crippen LogP) is 3.27. The molecule has 3 aromatic carbocycles. The average molecular weight is 530 g/mol. The molecule has 3 aromatic rings. The molecule has 2 aliphatic rings. The Kier molecular flexibility index (Phi) is 7.64. The van der Waals surface area contributed by atoms with Gasteiger partial charge >= 0.3 is 5.97 Å². The smallest absolute Gasteiger partial charge is 0.355 e. The van der Waals surface area contributed by atoms with Crippen molar-refractivity contribution in [3.8, 4) is 0 Å². The molecule has 0 radical (unpaired) electrons. The highest BCUT2D eigenvalue weighted by molar-refractivity contribution is 7.96. The third-order valence-corrected chi connectivity index (χ3v) is 12.0. The first-order chi connectivity index (χ1) is 18.5. The zero-order valence-corrected chi connectivity index (χ0v) is 22.6. The Bertz CT molecular complexity index is 1270. The van der Waals surface area contributed by atoms with Gasteiger partial charge < -0.3 is 14.4 Å². The van der Waals surface area contributed by atoms with Gasteiger partial charge in [0.2, 0.25) is 5.91 Å². The molecule has 7 heteroatoms. The van der Waals surface area contributed by atoms with Crippen LogP contribution in [-0.2, 0) is 23.9 Å². The SMILES string of the molecule is COC(=O)C(N1C(=O)C[C@H]1[C@H]1CCC[C@H](OC)C1=O)=P(c1ccccc1)(c1ccccc1)c1ccccc1. The quantitative estimate of drug-likeness (QED) is 0.267. The summed E-state index contributed by atoms with van der Waals surface area (Å²) < 4.78 is 10.9. The molecule has 0 spiro atoms. The molecule has 0 unspecified atom stereocenters. The first kappa shape index (κ1) is 26.1. The Morgan fingerprint density at radius 3 is 1.71 bits per heavy atom. The first-order valence-electron chi connectivity index (χ1n) is 12.9. The number of carbonyl (C=O) groups is 3. The average Bonchev–Trinajstić information content (AvgIpc) is 2.97. The summed E-state index contributed by atoms with van der Waals surface area (Å²) in [5.41, 5.74) is 0.317. The third kappa shape index (κ3) is 4.32. The highest BCUT2D eigenvalue weighted by atomic mass is 31.2. The Labute approximate surface area is 223 Å². The van der Waals surface area contributed by atoms with Gasteiger partial charge in [-0.05, 0) is 35.2 Å². The number of hydrogen-bond acceptors (Lipinski definition) is 5. The first-order valence-corrected chi connectivity index (χ1v) is 14.7. The number of carbonyl (C=O) groups excluding carboxylic acids is 3. The summed E-state index contributed by atoms with van der Waals surface area (Å²) in [6.07, 6.45) is 1.90. The highest BCUT2D eigenvalue weighted by Gasteiger charge is 2.52. The summed E-state index contributed by atoms with van der Waals surface area (Å²) in [4.78, 5) is 42.5. The third-order valence-electron chi connectivity index (χ3n) is 7.74. The van der Waals surface area contributed by atoms with Crippen LogP contribution >= 0.6 is 6.89 Å². The summed E-state index contributed by atoms with van der Waals surface area (Å²) in [5.74, 6) is -1.11. The molecule has 1 aliphatic carbocycles. The Balaban J connectivity index is 1.86. The second-order valence-corrected chi connectivity index (χ2v) is 13.0. The molecule has 2 fully saturated rings. The van der Waals surface area contributed by atoms with E-state index >= 15 is 0 Å². The van der Waals surface area contributed by atoms with Gasteiger partial charge in [-0.3, -0.25) is 9.59 Å². The predicted molar refractivity (Wildman–Crippen MR) is 151 cm³/mol. The normalized spacial score (nSPS) is 21.5. The van der Waals surface area contributed by atoms with Crippen molar-refractivity contribution in [2.24, 2.45) is 5.92 Å². The fourth-order valence-electron chi connectivity index (χ4n) is 5.96. The summed E-state index contributed by atoms with van der Waals surface area (Å²) in [6, 6.07) is 29.2. The molecule has 1 saturated heterocycles. The van der Waals surface area contributed by atoms with Gasteiger partial charge in [-0.2, -0.15) is 0 Å². The molecule has 0 N–H and O–H groups in total. The molecular weight excluding hydrogens is 497 g/mol.